The van der Waals surface area contributed by atoms with Gasteiger partial charge in [0.15, 0.2) is 4.34 Å². The highest BCUT2D eigenvalue weighted by Crippen LogP contribution is 2.28. The first-order valence-corrected chi connectivity index (χ1v) is 11.3. The van der Waals surface area contributed by atoms with Crippen LogP contribution >= 0.6 is 23.1 Å². The first kappa shape index (κ1) is 22.3. The number of hydrogen-bond donors (Lipinski definition) is 1. The Morgan fingerprint density at radius 2 is 2.00 bits per heavy atom. The summed E-state index contributed by atoms with van der Waals surface area (Å²) in [5.41, 5.74) is 0.626. The molecule has 0 spiro atoms. The Bertz CT molecular complexity index is 855. The van der Waals surface area contributed by atoms with Crippen LogP contribution < -0.4 is 15.0 Å². The van der Waals surface area contributed by atoms with Crippen LogP contribution in [-0.4, -0.2) is 86.2 Å². The van der Waals surface area contributed by atoms with Crippen molar-refractivity contribution in [3.05, 3.63) is 29.8 Å². The molecule has 2 aromatic rings. The number of aromatic nitrogens is 2. The van der Waals surface area contributed by atoms with Gasteiger partial charge in [0.1, 0.15) is 5.75 Å². The highest BCUT2D eigenvalue weighted by Gasteiger charge is 2.24. The zero-order valence-electron chi connectivity index (χ0n) is 17.0. The number of ether oxygens (including phenoxy) is 2. The molecular weight excluding hydrogens is 426 g/mol. The monoisotopic (exact) mass is 451 g/mol. The molecule has 1 N–H and O–H groups in total. The molecule has 1 aromatic heterocycles. The minimum Gasteiger partial charge on any atom is -0.497 e. The van der Waals surface area contributed by atoms with Crippen LogP contribution in [0.4, 0.5) is 5.13 Å². The number of benzene rings is 1. The topological polar surface area (TPSA) is 96.9 Å². The molecule has 2 heterocycles. The van der Waals surface area contributed by atoms with Gasteiger partial charge in [-0.1, -0.05) is 29.2 Å². The van der Waals surface area contributed by atoms with Crippen LogP contribution in [0, 0.1) is 0 Å². The minimum atomic E-state index is -0.0570. The van der Waals surface area contributed by atoms with Gasteiger partial charge in [-0.2, -0.15) is 0 Å². The number of piperazine rings is 1. The van der Waals surface area contributed by atoms with Crippen molar-refractivity contribution in [2.75, 3.05) is 64.2 Å². The summed E-state index contributed by atoms with van der Waals surface area (Å²) in [6.07, 6.45) is 0. The summed E-state index contributed by atoms with van der Waals surface area (Å²) in [4.78, 5) is 28.5. The van der Waals surface area contributed by atoms with Gasteiger partial charge in [0.25, 0.3) is 5.91 Å². The number of hydrogen-bond acceptors (Lipinski definition) is 9. The number of methoxy groups -OCH3 is 2. The van der Waals surface area contributed by atoms with Crippen LogP contribution in [0.3, 0.4) is 0 Å². The molecule has 30 heavy (non-hydrogen) atoms. The molecule has 0 radical (unpaired) electrons. The minimum absolute atomic E-state index is 0.00143. The van der Waals surface area contributed by atoms with Gasteiger partial charge in [-0.15, -0.1) is 10.2 Å². The van der Waals surface area contributed by atoms with Crippen molar-refractivity contribution in [3.63, 3.8) is 0 Å². The van der Waals surface area contributed by atoms with E-state index in [9.17, 15) is 9.59 Å². The molecule has 3 rings (SSSR count). The number of carbonyl (C=O) groups excluding carboxylic acids is 2. The molecule has 0 atom stereocenters. The molecule has 1 aliphatic rings. The van der Waals surface area contributed by atoms with E-state index in [-0.39, 0.29) is 11.8 Å². The number of thioether (sulfide) groups is 1. The fraction of sp³-hybridized carbons (Fsp3) is 0.474. The predicted molar refractivity (Wildman–Crippen MR) is 117 cm³/mol. The van der Waals surface area contributed by atoms with Crippen molar-refractivity contribution in [1.82, 2.24) is 20.4 Å². The van der Waals surface area contributed by atoms with Gasteiger partial charge >= 0.3 is 0 Å². The molecule has 11 heteroatoms. The van der Waals surface area contributed by atoms with Crippen molar-refractivity contribution in [2.45, 2.75) is 4.34 Å². The summed E-state index contributed by atoms with van der Waals surface area (Å²) >= 11 is 2.83. The summed E-state index contributed by atoms with van der Waals surface area (Å²) in [7, 11) is 3.18. The molecular formula is C19H25N5O4S2. The highest BCUT2D eigenvalue weighted by molar-refractivity contribution is 8.01. The number of anilines is 1. The van der Waals surface area contributed by atoms with Crippen molar-refractivity contribution < 1.29 is 19.1 Å². The lowest BCUT2D eigenvalue weighted by atomic mass is 10.1. The lowest BCUT2D eigenvalue weighted by Crippen LogP contribution is -2.48. The Labute approximate surface area is 183 Å². The Morgan fingerprint density at radius 3 is 2.73 bits per heavy atom. The normalized spacial score (nSPS) is 13.9. The third kappa shape index (κ3) is 6.07. The van der Waals surface area contributed by atoms with Crippen LogP contribution in [0.15, 0.2) is 28.6 Å². The summed E-state index contributed by atoms with van der Waals surface area (Å²) < 4.78 is 10.9. The Kier molecular flexibility index (Phi) is 8.29. The van der Waals surface area contributed by atoms with E-state index in [1.165, 1.54) is 23.1 Å². The molecule has 1 aromatic carbocycles. The number of amides is 2. The Hall–Kier alpha value is -2.37. The SMILES string of the molecule is COCCNC(=O)CSc1nnc(N2CCN(C(=O)c3cccc(OC)c3)CC2)s1. The molecule has 0 unspecified atom stereocenters. The third-order valence-electron chi connectivity index (χ3n) is 4.50. The maximum atomic E-state index is 12.7. The van der Waals surface area contributed by atoms with Crippen molar-refractivity contribution in [2.24, 2.45) is 0 Å². The quantitative estimate of drug-likeness (QED) is 0.451. The second kappa shape index (κ2) is 11.1. The molecule has 1 fully saturated rings. The molecule has 0 saturated carbocycles. The van der Waals surface area contributed by atoms with Gasteiger partial charge in [-0.25, -0.2) is 0 Å². The van der Waals surface area contributed by atoms with E-state index in [0.29, 0.717) is 56.4 Å². The standard InChI is InChI=1S/C19H25N5O4S2/c1-27-11-6-20-16(25)13-29-19-22-21-18(30-19)24-9-7-23(8-10-24)17(26)14-4-3-5-15(12-14)28-2/h3-5,12H,6-11,13H2,1-2H3,(H,20,25). The molecule has 0 aliphatic carbocycles. The first-order chi connectivity index (χ1) is 14.6. The lowest BCUT2D eigenvalue weighted by molar-refractivity contribution is -0.118. The fourth-order valence-corrected chi connectivity index (χ4v) is 4.62. The van der Waals surface area contributed by atoms with Crippen molar-refractivity contribution in [1.29, 1.82) is 0 Å². The van der Waals surface area contributed by atoms with E-state index in [1.54, 1.807) is 26.4 Å². The van der Waals surface area contributed by atoms with E-state index in [1.807, 2.05) is 17.0 Å². The van der Waals surface area contributed by atoms with E-state index < -0.39 is 0 Å². The largest absolute Gasteiger partial charge is 0.497 e. The number of rotatable bonds is 9. The van der Waals surface area contributed by atoms with Gasteiger partial charge in [0, 0.05) is 45.4 Å². The molecule has 2 amide bonds. The van der Waals surface area contributed by atoms with Crippen molar-refractivity contribution >= 4 is 40.0 Å². The third-order valence-corrected chi connectivity index (χ3v) is 6.62. The second-order valence-corrected chi connectivity index (χ2v) is 8.67. The number of nitrogens with one attached hydrogen (secondary N) is 1. The lowest BCUT2D eigenvalue weighted by Gasteiger charge is -2.34. The first-order valence-electron chi connectivity index (χ1n) is 9.51. The van der Waals surface area contributed by atoms with E-state index in [4.69, 9.17) is 9.47 Å². The Balaban J connectivity index is 1.47. The van der Waals surface area contributed by atoms with Gasteiger partial charge in [0.05, 0.1) is 19.5 Å². The van der Waals surface area contributed by atoms with Gasteiger partial charge < -0.3 is 24.6 Å². The van der Waals surface area contributed by atoms with Crippen LogP contribution in [-0.2, 0) is 9.53 Å². The van der Waals surface area contributed by atoms with Gasteiger partial charge in [-0.3, -0.25) is 9.59 Å². The summed E-state index contributed by atoms with van der Waals surface area (Å²) in [6, 6.07) is 7.20. The molecule has 162 valence electrons. The van der Waals surface area contributed by atoms with Crippen LogP contribution in [0.1, 0.15) is 10.4 Å². The highest BCUT2D eigenvalue weighted by atomic mass is 32.2. The summed E-state index contributed by atoms with van der Waals surface area (Å²) in [6.45, 7) is 3.58. The predicted octanol–water partition coefficient (Wildman–Crippen LogP) is 1.36. The van der Waals surface area contributed by atoms with Gasteiger partial charge in [0.2, 0.25) is 11.0 Å². The number of nitrogens with zero attached hydrogens (tertiary/aromatic N) is 4. The summed E-state index contributed by atoms with van der Waals surface area (Å²) in [5.74, 6) is 0.909. The average molecular weight is 452 g/mol. The number of carbonyl (C=O) groups is 2. The maximum absolute atomic E-state index is 12.7. The summed E-state index contributed by atoms with van der Waals surface area (Å²) in [5, 5.41) is 12.0. The van der Waals surface area contributed by atoms with Crippen LogP contribution in [0.5, 0.6) is 5.75 Å². The van der Waals surface area contributed by atoms with Crippen LogP contribution in [0.2, 0.25) is 0 Å². The molecule has 0 bridgehead atoms. The zero-order chi connectivity index (χ0) is 21.3. The van der Waals surface area contributed by atoms with E-state index >= 15 is 0 Å². The average Bonchev–Trinajstić information content (AvgIpc) is 3.26. The second-order valence-electron chi connectivity index (χ2n) is 6.49. The maximum Gasteiger partial charge on any atom is 0.254 e. The zero-order valence-corrected chi connectivity index (χ0v) is 18.6. The van der Waals surface area contributed by atoms with Gasteiger partial charge in [-0.05, 0) is 18.2 Å². The molecule has 1 saturated heterocycles. The molecule has 1 aliphatic heterocycles. The smallest absolute Gasteiger partial charge is 0.254 e. The van der Waals surface area contributed by atoms with Crippen LogP contribution in [0.25, 0.3) is 0 Å². The van der Waals surface area contributed by atoms with E-state index in [0.717, 1.165) is 9.47 Å². The molecule has 9 nitrogen and oxygen atoms in total. The van der Waals surface area contributed by atoms with Crippen molar-refractivity contribution in [3.8, 4) is 5.75 Å². The Morgan fingerprint density at radius 1 is 1.20 bits per heavy atom. The fourth-order valence-electron chi connectivity index (χ4n) is 2.90. The van der Waals surface area contributed by atoms with E-state index in [2.05, 4.69) is 20.4 Å².